The second kappa shape index (κ2) is 9.56. The Kier molecular flexibility index (Phi) is 7.26. The van der Waals surface area contributed by atoms with Crippen LogP contribution in [0.1, 0.15) is 69.1 Å². The molecule has 2 aromatic carbocycles. The number of halogens is 2. The number of ketones is 1. The molecule has 0 amide bonds. The Morgan fingerprint density at radius 2 is 1.77 bits per heavy atom. The highest BCUT2D eigenvalue weighted by molar-refractivity contribution is 6.31. The minimum absolute atomic E-state index is 0.0215. The van der Waals surface area contributed by atoms with Crippen molar-refractivity contribution in [3.8, 4) is 11.1 Å². The summed E-state index contributed by atoms with van der Waals surface area (Å²) in [6.07, 6.45) is 2.75. The van der Waals surface area contributed by atoms with E-state index in [0.29, 0.717) is 36.3 Å². The molecule has 1 aliphatic rings. The molecule has 0 bridgehead atoms. The Balaban J connectivity index is 2.05. The zero-order chi connectivity index (χ0) is 22.8. The number of benzene rings is 2. The van der Waals surface area contributed by atoms with Crippen molar-refractivity contribution >= 4 is 23.0 Å². The van der Waals surface area contributed by atoms with Gasteiger partial charge in [0.1, 0.15) is 5.76 Å². The van der Waals surface area contributed by atoms with Gasteiger partial charge in [-0.3, -0.25) is 4.79 Å². The van der Waals surface area contributed by atoms with Crippen LogP contribution < -0.4 is 0 Å². The molecule has 1 aliphatic carbocycles. The molecule has 2 aromatic rings. The van der Waals surface area contributed by atoms with Gasteiger partial charge in [0, 0.05) is 16.9 Å². The van der Waals surface area contributed by atoms with Crippen molar-refractivity contribution in [3.05, 3.63) is 63.9 Å². The highest BCUT2D eigenvalue weighted by atomic mass is 35.5. The number of aliphatic hydroxyl groups is 1. The average Bonchev–Trinajstić information content (AvgIpc) is 2.94. The molecule has 166 valence electrons. The van der Waals surface area contributed by atoms with E-state index in [0.717, 1.165) is 40.7 Å². The van der Waals surface area contributed by atoms with E-state index in [2.05, 4.69) is 6.92 Å². The summed E-state index contributed by atoms with van der Waals surface area (Å²) in [6.45, 7) is 7.54. The molecule has 0 aliphatic heterocycles. The van der Waals surface area contributed by atoms with Gasteiger partial charge in [-0.15, -0.1) is 0 Å². The number of carbonyl (C=O) groups excluding carboxylic acids is 1. The number of aryl methyl sites for hydroxylation is 2. The highest BCUT2D eigenvalue weighted by Crippen LogP contribution is 2.50. The van der Waals surface area contributed by atoms with Crippen molar-refractivity contribution < 1.29 is 14.3 Å². The van der Waals surface area contributed by atoms with E-state index in [1.165, 1.54) is 0 Å². The maximum atomic E-state index is 13.4. The Morgan fingerprint density at radius 3 is 2.42 bits per heavy atom. The molecular formula is C27H32ClFO2. The zero-order valence-corrected chi connectivity index (χ0v) is 19.7. The van der Waals surface area contributed by atoms with Gasteiger partial charge in [-0.2, -0.15) is 0 Å². The molecule has 3 rings (SSSR count). The summed E-state index contributed by atoms with van der Waals surface area (Å²) in [5, 5.41) is 12.1. The third kappa shape index (κ3) is 4.87. The van der Waals surface area contributed by atoms with E-state index < -0.39 is 11.6 Å². The quantitative estimate of drug-likeness (QED) is 0.447. The van der Waals surface area contributed by atoms with E-state index in [1.807, 2.05) is 50.2 Å². The second-order valence-electron chi connectivity index (χ2n) is 9.02. The van der Waals surface area contributed by atoms with Crippen LogP contribution in [0.15, 0.2) is 42.2 Å². The molecule has 1 N–H and O–H groups in total. The lowest BCUT2D eigenvalue weighted by Gasteiger charge is -2.28. The summed E-state index contributed by atoms with van der Waals surface area (Å²) >= 11 is 6.18. The van der Waals surface area contributed by atoms with Gasteiger partial charge in [0.2, 0.25) is 0 Å². The topological polar surface area (TPSA) is 37.3 Å². The number of allylic oxidation sites excluding steroid dienone is 2. The fourth-order valence-electron chi connectivity index (χ4n) is 4.79. The van der Waals surface area contributed by atoms with E-state index >= 15 is 0 Å². The minimum Gasteiger partial charge on any atom is -0.511 e. The van der Waals surface area contributed by atoms with Crippen molar-refractivity contribution in [3.63, 3.8) is 0 Å². The average molecular weight is 443 g/mol. The summed E-state index contributed by atoms with van der Waals surface area (Å²) < 4.78 is 13.4. The number of hydrogen-bond acceptors (Lipinski definition) is 2. The van der Waals surface area contributed by atoms with Gasteiger partial charge in [0.25, 0.3) is 0 Å². The van der Waals surface area contributed by atoms with E-state index in [1.54, 1.807) is 6.92 Å². The number of Topliss-reactive ketones (excluding diaryl/α,β-unsaturated/α-hetero) is 1. The van der Waals surface area contributed by atoms with Gasteiger partial charge in [-0.05, 0) is 92.5 Å². The monoisotopic (exact) mass is 442 g/mol. The fourth-order valence-corrected chi connectivity index (χ4v) is 4.91. The Bertz CT molecular complexity index is 1010. The molecule has 0 heterocycles. The minimum atomic E-state index is -0.872. The molecule has 1 unspecified atom stereocenters. The van der Waals surface area contributed by atoms with Crippen molar-refractivity contribution in [2.24, 2.45) is 5.41 Å². The smallest absolute Gasteiger partial charge is 0.167 e. The van der Waals surface area contributed by atoms with Crippen molar-refractivity contribution in [1.82, 2.24) is 0 Å². The standard InChI is InChI=1S/C27H32ClFO2/c1-5-12-27(13-6-7-19(4)29)16-24(30)25(26(27)31)22-15-21(9-8-17(22)2)20-10-11-23(28)18(3)14-20/h8-11,14-15,19,31H,5-7,12-13,16H2,1-4H3/t19?,27-/m1/s1. The summed E-state index contributed by atoms with van der Waals surface area (Å²) in [6, 6.07) is 11.9. The van der Waals surface area contributed by atoms with Crippen LogP contribution in [0.25, 0.3) is 16.7 Å². The van der Waals surface area contributed by atoms with Crippen LogP contribution in [0.5, 0.6) is 0 Å². The van der Waals surface area contributed by atoms with Crippen molar-refractivity contribution in [2.45, 2.75) is 72.4 Å². The number of alkyl halides is 1. The van der Waals surface area contributed by atoms with Gasteiger partial charge >= 0.3 is 0 Å². The Labute approximate surface area is 190 Å². The van der Waals surface area contributed by atoms with Gasteiger partial charge in [-0.25, -0.2) is 4.39 Å². The Morgan fingerprint density at radius 1 is 1.10 bits per heavy atom. The lowest BCUT2D eigenvalue weighted by molar-refractivity contribution is -0.114. The molecule has 4 heteroatoms. The molecule has 0 saturated heterocycles. The fraction of sp³-hybridized carbons (Fsp3) is 0.444. The number of hydrogen-bond donors (Lipinski definition) is 1. The third-order valence-electron chi connectivity index (χ3n) is 6.50. The molecule has 0 spiro atoms. The molecule has 2 nitrogen and oxygen atoms in total. The van der Waals surface area contributed by atoms with Crippen LogP contribution in [0.4, 0.5) is 4.39 Å². The maximum Gasteiger partial charge on any atom is 0.167 e. The first kappa shape index (κ1) is 23.5. The van der Waals surface area contributed by atoms with Gasteiger partial charge in [0.05, 0.1) is 11.7 Å². The first-order chi connectivity index (χ1) is 14.7. The van der Waals surface area contributed by atoms with Crippen LogP contribution in [0, 0.1) is 19.3 Å². The van der Waals surface area contributed by atoms with E-state index in [-0.39, 0.29) is 11.5 Å². The number of rotatable bonds is 8. The molecule has 0 saturated carbocycles. The summed E-state index contributed by atoms with van der Waals surface area (Å²) in [5.41, 5.74) is 4.59. The van der Waals surface area contributed by atoms with Crippen LogP contribution in [-0.2, 0) is 4.79 Å². The number of carbonyl (C=O) groups is 1. The van der Waals surface area contributed by atoms with E-state index in [4.69, 9.17) is 11.6 Å². The van der Waals surface area contributed by atoms with Crippen LogP contribution >= 0.6 is 11.6 Å². The highest BCUT2D eigenvalue weighted by Gasteiger charge is 2.45. The third-order valence-corrected chi connectivity index (χ3v) is 6.92. The molecule has 0 fully saturated rings. The molecule has 31 heavy (non-hydrogen) atoms. The summed E-state index contributed by atoms with van der Waals surface area (Å²) in [7, 11) is 0. The SMILES string of the molecule is CCC[C@@]1(CCCC(C)F)CC(=O)C(c2cc(-c3ccc(Cl)c(C)c3)ccc2C)=C1O. The van der Waals surface area contributed by atoms with Crippen LogP contribution in [-0.4, -0.2) is 17.1 Å². The second-order valence-corrected chi connectivity index (χ2v) is 9.43. The largest absolute Gasteiger partial charge is 0.511 e. The van der Waals surface area contributed by atoms with Crippen LogP contribution in [0.3, 0.4) is 0 Å². The molecule has 0 aromatic heterocycles. The molecule has 2 atom stereocenters. The maximum absolute atomic E-state index is 13.4. The lowest BCUT2D eigenvalue weighted by Crippen LogP contribution is -2.21. The first-order valence-corrected chi connectivity index (χ1v) is 11.5. The normalized spacial score (nSPS) is 19.9. The lowest BCUT2D eigenvalue weighted by atomic mass is 9.76. The van der Waals surface area contributed by atoms with Gasteiger partial charge in [0.15, 0.2) is 5.78 Å². The molecule has 0 radical (unpaired) electrons. The van der Waals surface area contributed by atoms with Crippen molar-refractivity contribution in [2.75, 3.05) is 0 Å². The summed E-state index contributed by atoms with van der Waals surface area (Å²) in [5.74, 6) is 0.171. The number of aliphatic hydroxyl groups excluding tert-OH is 1. The first-order valence-electron chi connectivity index (χ1n) is 11.2. The predicted molar refractivity (Wildman–Crippen MR) is 127 cm³/mol. The van der Waals surface area contributed by atoms with Gasteiger partial charge in [-0.1, -0.05) is 43.1 Å². The van der Waals surface area contributed by atoms with Gasteiger partial charge < -0.3 is 5.11 Å². The van der Waals surface area contributed by atoms with Crippen molar-refractivity contribution in [1.29, 1.82) is 0 Å². The Hall–Kier alpha value is -2.13. The molecular weight excluding hydrogens is 411 g/mol. The van der Waals surface area contributed by atoms with Crippen LogP contribution in [0.2, 0.25) is 5.02 Å². The van der Waals surface area contributed by atoms with E-state index in [9.17, 15) is 14.3 Å². The predicted octanol–water partition coefficient (Wildman–Crippen LogP) is 8.18. The zero-order valence-electron chi connectivity index (χ0n) is 18.9. The summed E-state index contributed by atoms with van der Waals surface area (Å²) in [4.78, 5) is 13.2.